The summed E-state index contributed by atoms with van der Waals surface area (Å²) < 4.78 is 52.2. The number of fused-ring (bicyclic) bond motifs is 1. The maximum absolute atomic E-state index is 14.0. The highest BCUT2D eigenvalue weighted by molar-refractivity contribution is 5.80. The molecule has 2 aromatic rings. The van der Waals surface area contributed by atoms with Gasteiger partial charge in [0.05, 0.1) is 12.3 Å². The first-order chi connectivity index (χ1) is 15.0. The third-order valence-electron chi connectivity index (χ3n) is 5.47. The predicted molar refractivity (Wildman–Crippen MR) is 112 cm³/mol. The Morgan fingerprint density at radius 2 is 1.87 bits per heavy atom. The summed E-state index contributed by atoms with van der Waals surface area (Å²) in [6.07, 6.45) is 0.563. The Labute approximate surface area is 179 Å². The van der Waals surface area contributed by atoms with Crippen molar-refractivity contribution in [3.63, 3.8) is 0 Å². The number of guanidine groups is 1. The number of ether oxygens (including phenoxy) is 2. The third-order valence-corrected chi connectivity index (χ3v) is 5.47. The summed E-state index contributed by atoms with van der Waals surface area (Å²) in [4.78, 5) is 8.23. The lowest BCUT2D eigenvalue weighted by Crippen LogP contribution is -2.53. The zero-order valence-corrected chi connectivity index (χ0v) is 17.3. The molecule has 0 spiro atoms. The van der Waals surface area contributed by atoms with E-state index < -0.39 is 11.6 Å². The zero-order chi connectivity index (χ0) is 21.8. The summed E-state index contributed by atoms with van der Waals surface area (Å²) >= 11 is 0. The molecule has 9 heteroatoms. The lowest BCUT2D eigenvalue weighted by molar-refractivity contribution is -0.0172. The molecule has 2 aliphatic heterocycles. The molecule has 166 valence electrons. The van der Waals surface area contributed by atoms with Gasteiger partial charge in [-0.1, -0.05) is 0 Å². The van der Waals surface area contributed by atoms with Gasteiger partial charge in [-0.25, -0.2) is 13.2 Å². The van der Waals surface area contributed by atoms with E-state index in [1.54, 1.807) is 7.05 Å². The van der Waals surface area contributed by atoms with E-state index in [9.17, 15) is 13.2 Å². The van der Waals surface area contributed by atoms with Crippen LogP contribution in [0, 0.1) is 17.5 Å². The van der Waals surface area contributed by atoms with Gasteiger partial charge in [0.25, 0.3) is 0 Å². The van der Waals surface area contributed by atoms with Gasteiger partial charge in [0, 0.05) is 51.4 Å². The Hall–Kier alpha value is -2.94. The van der Waals surface area contributed by atoms with E-state index in [1.165, 1.54) is 18.2 Å². The second-order valence-electron chi connectivity index (χ2n) is 7.46. The molecule has 0 aliphatic carbocycles. The van der Waals surface area contributed by atoms with E-state index in [4.69, 9.17) is 9.47 Å². The molecule has 0 amide bonds. The van der Waals surface area contributed by atoms with Crippen LogP contribution in [0.2, 0.25) is 0 Å². The first-order valence-electron chi connectivity index (χ1n) is 10.2. The second kappa shape index (κ2) is 9.47. The molecule has 0 aromatic heterocycles. The molecule has 2 aliphatic rings. The average molecular weight is 434 g/mol. The monoisotopic (exact) mass is 434 g/mol. The molecular formula is C22H25F3N4O2. The Morgan fingerprint density at radius 3 is 2.65 bits per heavy atom. The van der Waals surface area contributed by atoms with Crippen LogP contribution in [0.3, 0.4) is 0 Å². The van der Waals surface area contributed by atoms with E-state index in [2.05, 4.69) is 15.2 Å². The summed E-state index contributed by atoms with van der Waals surface area (Å²) in [5.41, 5.74) is 1.78. The number of nitrogens with one attached hydrogen (secondary N) is 1. The number of rotatable bonds is 4. The summed E-state index contributed by atoms with van der Waals surface area (Å²) in [6.45, 7) is 3.38. The third kappa shape index (κ3) is 4.87. The van der Waals surface area contributed by atoms with Gasteiger partial charge in [0.15, 0.2) is 12.8 Å². The molecule has 0 atom stereocenters. The quantitative estimate of drug-likeness (QED) is 0.593. The van der Waals surface area contributed by atoms with E-state index in [0.717, 1.165) is 17.7 Å². The van der Waals surface area contributed by atoms with Gasteiger partial charge in [-0.15, -0.1) is 0 Å². The van der Waals surface area contributed by atoms with Gasteiger partial charge in [-0.3, -0.25) is 4.99 Å². The van der Waals surface area contributed by atoms with Crippen molar-refractivity contribution in [2.24, 2.45) is 4.99 Å². The van der Waals surface area contributed by atoms with Crippen LogP contribution >= 0.6 is 0 Å². The molecule has 0 unspecified atom stereocenters. The molecular weight excluding hydrogens is 409 g/mol. The molecule has 2 heterocycles. The predicted octanol–water partition coefficient (Wildman–Crippen LogP) is 2.91. The van der Waals surface area contributed by atoms with Gasteiger partial charge in [-0.05, 0) is 36.2 Å². The first-order valence-corrected chi connectivity index (χ1v) is 10.2. The van der Waals surface area contributed by atoms with Gasteiger partial charge in [-0.2, -0.15) is 0 Å². The topological polar surface area (TPSA) is 49.3 Å². The number of piperazine rings is 1. The Morgan fingerprint density at radius 1 is 1.06 bits per heavy atom. The van der Waals surface area contributed by atoms with Gasteiger partial charge in [0.1, 0.15) is 23.2 Å². The second-order valence-corrected chi connectivity index (χ2v) is 7.46. The number of nitrogens with zero attached hydrogens (tertiary/aromatic N) is 3. The molecule has 0 bridgehead atoms. The minimum Gasteiger partial charge on any atom is -0.467 e. The van der Waals surface area contributed by atoms with Crippen molar-refractivity contribution < 1.29 is 22.6 Å². The highest BCUT2D eigenvalue weighted by atomic mass is 19.1. The summed E-state index contributed by atoms with van der Waals surface area (Å²) in [6, 6.07) is 6.42. The van der Waals surface area contributed by atoms with Crippen LogP contribution in [0.5, 0.6) is 5.75 Å². The van der Waals surface area contributed by atoms with E-state index in [0.29, 0.717) is 63.0 Å². The smallest absolute Gasteiger partial charge is 0.193 e. The minimum absolute atomic E-state index is 0.164. The molecule has 6 nitrogen and oxygen atoms in total. The van der Waals surface area contributed by atoms with Crippen LogP contribution in [0.4, 0.5) is 18.9 Å². The van der Waals surface area contributed by atoms with Crippen LogP contribution in [-0.2, 0) is 17.8 Å². The van der Waals surface area contributed by atoms with Crippen LogP contribution in [-0.4, -0.2) is 57.4 Å². The maximum atomic E-state index is 14.0. The largest absolute Gasteiger partial charge is 0.467 e. The number of hydrogen-bond donors (Lipinski definition) is 1. The fourth-order valence-corrected chi connectivity index (χ4v) is 3.97. The van der Waals surface area contributed by atoms with Gasteiger partial charge < -0.3 is 24.6 Å². The maximum Gasteiger partial charge on any atom is 0.193 e. The lowest BCUT2D eigenvalue weighted by atomic mass is 10.1. The Balaban J connectivity index is 1.33. The highest BCUT2D eigenvalue weighted by Crippen LogP contribution is 2.29. The number of benzene rings is 2. The Kier molecular flexibility index (Phi) is 6.50. The van der Waals surface area contributed by atoms with Crippen LogP contribution in [0.15, 0.2) is 35.3 Å². The van der Waals surface area contributed by atoms with Crippen LogP contribution in [0.1, 0.15) is 11.1 Å². The molecule has 0 saturated carbocycles. The highest BCUT2D eigenvalue weighted by Gasteiger charge is 2.22. The SMILES string of the molecule is CN=C(NCCc1cc(F)cc2c1OCOC2)N1CCN(c2cc(F)ccc2F)CC1. The van der Waals surface area contributed by atoms with Crippen molar-refractivity contribution in [3.05, 3.63) is 58.9 Å². The fraction of sp³-hybridized carbons (Fsp3) is 0.409. The summed E-state index contributed by atoms with van der Waals surface area (Å²) in [5.74, 6) is 0.215. The minimum atomic E-state index is -0.452. The van der Waals surface area contributed by atoms with Crippen molar-refractivity contribution >= 4 is 11.6 Å². The lowest BCUT2D eigenvalue weighted by Gasteiger charge is -2.37. The average Bonchev–Trinajstić information content (AvgIpc) is 2.78. The van der Waals surface area contributed by atoms with Crippen molar-refractivity contribution in [2.45, 2.75) is 13.0 Å². The van der Waals surface area contributed by atoms with Crippen LogP contribution < -0.4 is 15.0 Å². The van der Waals surface area contributed by atoms with Crippen LogP contribution in [0.25, 0.3) is 0 Å². The van der Waals surface area contributed by atoms with Gasteiger partial charge in [0.2, 0.25) is 0 Å². The molecule has 4 rings (SSSR count). The van der Waals surface area contributed by atoms with Gasteiger partial charge >= 0.3 is 0 Å². The van der Waals surface area contributed by atoms with E-state index >= 15 is 0 Å². The first kappa shape index (κ1) is 21.3. The molecule has 1 N–H and O–H groups in total. The molecule has 1 fully saturated rings. The Bertz CT molecular complexity index is 962. The molecule has 2 aromatic carbocycles. The number of aliphatic imine (C=N–C) groups is 1. The normalized spacial score (nSPS) is 16.7. The summed E-state index contributed by atoms with van der Waals surface area (Å²) in [5, 5.41) is 3.30. The van der Waals surface area contributed by atoms with Crippen molar-refractivity contribution in [3.8, 4) is 5.75 Å². The number of anilines is 1. The molecule has 0 radical (unpaired) electrons. The van der Waals surface area contributed by atoms with Crippen molar-refractivity contribution in [2.75, 3.05) is 51.5 Å². The fourth-order valence-electron chi connectivity index (χ4n) is 3.97. The van der Waals surface area contributed by atoms with E-state index in [-0.39, 0.29) is 18.3 Å². The zero-order valence-electron chi connectivity index (χ0n) is 17.3. The number of hydrogen-bond acceptors (Lipinski definition) is 4. The van der Waals surface area contributed by atoms with E-state index in [1.807, 2.05) is 4.90 Å². The van der Waals surface area contributed by atoms with Crippen molar-refractivity contribution in [1.82, 2.24) is 10.2 Å². The standard InChI is InChI=1S/C22H25F3N4O2/c1-26-22(27-5-4-15-10-18(24)11-16-13-30-14-31-21(15)16)29-8-6-28(7-9-29)20-12-17(23)2-3-19(20)25/h2-3,10-12H,4-9,13-14H2,1H3,(H,26,27). The molecule has 31 heavy (non-hydrogen) atoms. The number of halogens is 3. The molecule has 1 saturated heterocycles. The summed E-state index contributed by atoms with van der Waals surface area (Å²) in [7, 11) is 1.70. The van der Waals surface area contributed by atoms with Crippen molar-refractivity contribution in [1.29, 1.82) is 0 Å².